The van der Waals surface area contributed by atoms with Crippen LogP contribution in [0.25, 0.3) is 0 Å². The second-order valence-electron chi connectivity index (χ2n) is 11.3. The van der Waals surface area contributed by atoms with Crippen molar-refractivity contribution in [1.82, 2.24) is 5.32 Å². The first-order valence-electron chi connectivity index (χ1n) is 15.1. The molecule has 0 bridgehead atoms. The Kier molecular flexibility index (Phi) is 14.2. The normalized spacial score (nSPS) is 20.6. The predicted molar refractivity (Wildman–Crippen MR) is 169 cm³/mol. The number of hydrogen-bond donors (Lipinski definition) is 1. The van der Waals surface area contributed by atoms with E-state index in [1.165, 1.54) is 66.9 Å². The van der Waals surface area contributed by atoms with Crippen LogP contribution in [0.1, 0.15) is 89.3 Å². The molecule has 2 unspecified atom stereocenters. The van der Waals surface area contributed by atoms with Gasteiger partial charge in [-0.1, -0.05) is 74.9 Å². The van der Waals surface area contributed by atoms with Crippen LogP contribution in [0.15, 0.2) is 84.5 Å². The molecule has 4 heteroatoms. The number of nitrogens with one attached hydrogen (secondary N) is 1. The molecule has 2 fully saturated rings. The Morgan fingerprint density at radius 1 is 1.07 bits per heavy atom. The van der Waals surface area contributed by atoms with Gasteiger partial charge in [0.15, 0.2) is 0 Å². The fourth-order valence-electron chi connectivity index (χ4n) is 5.92. The molecule has 0 aliphatic heterocycles. The highest BCUT2D eigenvalue weighted by Gasteiger charge is 2.43. The summed E-state index contributed by atoms with van der Waals surface area (Å²) < 4.78 is 26.5. The van der Waals surface area contributed by atoms with Crippen LogP contribution in [-0.4, -0.2) is 12.0 Å². The fourth-order valence-corrected chi connectivity index (χ4v) is 5.92. The van der Waals surface area contributed by atoms with Gasteiger partial charge in [0.2, 0.25) is 0 Å². The Labute approximate surface area is 247 Å². The van der Waals surface area contributed by atoms with E-state index in [1.807, 2.05) is 26.8 Å². The number of rotatable bonds is 8. The minimum atomic E-state index is -0.171. The molecule has 0 spiro atoms. The van der Waals surface area contributed by atoms with E-state index < -0.39 is 0 Å². The number of aryl methyl sites for hydroxylation is 2. The maximum atomic E-state index is 14.4. The predicted octanol–water partition coefficient (Wildman–Crippen LogP) is 9.81. The molecule has 0 heterocycles. The van der Waals surface area contributed by atoms with E-state index in [-0.39, 0.29) is 11.6 Å². The van der Waals surface area contributed by atoms with Gasteiger partial charge in [0.1, 0.15) is 17.6 Å². The fraction of sp³-hybridized carbons (Fsp3) is 0.459. The molecule has 5 rings (SSSR count). The minimum Gasteiger partial charge on any atom is -0.310 e. The molecule has 0 aromatic heterocycles. The number of carbonyl (C=O) groups excluding carboxylic acids is 1. The third kappa shape index (κ3) is 10.1. The lowest BCUT2D eigenvalue weighted by atomic mass is 9.67. The summed E-state index contributed by atoms with van der Waals surface area (Å²) in [6.45, 7) is 18.0. The van der Waals surface area contributed by atoms with Crippen molar-refractivity contribution >= 4 is 5.94 Å². The molecule has 2 nitrogen and oxygen atoms in total. The lowest BCUT2D eigenvalue weighted by molar-refractivity contribution is 0.251. The third-order valence-corrected chi connectivity index (χ3v) is 8.47. The van der Waals surface area contributed by atoms with E-state index in [0.29, 0.717) is 18.0 Å². The molecular weight excluding hydrogens is 512 g/mol. The highest BCUT2D eigenvalue weighted by atomic mass is 19.1. The van der Waals surface area contributed by atoms with Gasteiger partial charge in [-0.05, 0) is 118 Å². The van der Waals surface area contributed by atoms with E-state index in [2.05, 4.69) is 50.5 Å². The largest absolute Gasteiger partial charge is 0.310 e. The summed E-state index contributed by atoms with van der Waals surface area (Å²) in [5.74, 6) is 1.76. The molecule has 3 aliphatic carbocycles. The molecule has 222 valence electrons. The van der Waals surface area contributed by atoms with Gasteiger partial charge in [-0.3, -0.25) is 0 Å². The first-order valence-corrected chi connectivity index (χ1v) is 15.1. The molecule has 2 atom stereocenters. The number of fused-ring (bicyclic) bond motifs is 1. The molecule has 1 N–H and O–H groups in total. The number of allylic oxidation sites excluding steroid dienone is 5. The lowest BCUT2D eigenvalue weighted by Crippen LogP contribution is -2.26. The van der Waals surface area contributed by atoms with E-state index in [1.54, 1.807) is 23.8 Å². The summed E-state index contributed by atoms with van der Waals surface area (Å²) in [5.41, 5.74) is 7.91. The van der Waals surface area contributed by atoms with Gasteiger partial charge < -0.3 is 5.32 Å². The molecule has 0 amide bonds. The van der Waals surface area contributed by atoms with E-state index in [0.717, 1.165) is 36.3 Å². The van der Waals surface area contributed by atoms with Crippen molar-refractivity contribution in [3.05, 3.63) is 113 Å². The van der Waals surface area contributed by atoms with Crippen LogP contribution in [0.4, 0.5) is 8.78 Å². The Morgan fingerprint density at radius 2 is 1.73 bits per heavy atom. The Bertz CT molecular complexity index is 1200. The van der Waals surface area contributed by atoms with Crippen LogP contribution in [0.5, 0.6) is 0 Å². The van der Waals surface area contributed by atoms with Crippen molar-refractivity contribution in [3.63, 3.8) is 0 Å². The molecule has 2 aromatic rings. The number of halogens is 2. The van der Waals surface area contributed by atoms with Crippen LogP contribution >= 0.6 is 0 Å². The molecule has 0 radical (unpaired) electrons. The lowest BCUT2D eigenvalue weighted by Gasteiger charge is -2.37. The van der Waals surface area contributed by atoms with Gasteiger partial charge in [-0.15, -0.1) is 0 Å². The van der Waals surface area contributed by atoms with Gasteiger partial charge >= 0.3 is 0 Å². The highest BCUT2D eigenvalue weighted by Crippen LogP contribution is 2.55. The summed E-state index contributed by atoms with van der Waals surface area (Å²) in [6, 6.07) is 12.6. The Hall–Kier alpha value is -3.07. The van der Waals surface area contributed by atoms with Crippen molar-refractivity contribution in [2.75, 3.05) is 0 Å². The second-order valence-corrected chi connectivity index (χ2v) is 11.3. The van der Waals surface area contributed by atoms with Crippen LogP contribution in [0.3, 0.4) is 0 Å². The van der Waals surface area contributed by atoms with Gasteiger partial charge in [0, 0.05) is 18.2 Å². The average molecular weight is 562 g/mol. The molecule has 2 aromatic carbocycles. The average Bonchev–Trinajstić information content (AvgIpc) is 3.74. The van der Waals surface area contributed by atoms with Gasteiger partial charge in [-0.2, -0.15) is 0 Å². The summed E-state index contributed by atoms with van der Waals surface area (Å²) in [4.78, 5) is 8.57. The molecule has 41 heavy (non-hydrogen) atoms. The van der Waals surface area contributed by atoms with Crippen LogP contribution in [0.2, 0.25) is 0 Å². The molecule has 2 saturated carbocycles. The zero-order valence-corrected chi connectivity index (χ0v) is 25.8. The topological polar surface area (TPSA) is 29.1 Å². The summed E-state index contributed by atoms with van der Waals surface area (Å²) in [5, 5.41) is 3.48. The number of hydrogen-bond acceptors (Lipinski definition) is 2. The summed E-state index contributed by atoms with van der Waals surface area (Å²) >= 11 is 0. The van der Waals surface area contributed by atoms with Gasteiger partial charge in [0.05, 0.1) is 0 Å². The molecule has 3 aliphatic rings. The Morgan fingerprint density at radius 3 is 2.32 bits per heavy atom. The first-order chi connectivity index (χ1) is 19.7. The first kappa shape index (κ1) is 34.1. The molecular formula is C37H49F2NO. The van der Waals surface area contributed by atoms with Crippen molar-refractivity contribution in [3.8, 4) is 0 Å². The monoisotopic (exact) mass is 561 g/mol. The van der Waals surface area contributed by atoms with E-state index in [4.69, 9.17) is 4.79 Å². The third-order valence-electron chi connectivity index (χ3n) is 8.47. The smallest absolute Gasteiger partial charge is 0.127 e. The van der Waals surface area contributed by atoms with E-state index >= 15 is 0 Å². The zero-order valence-electron chi connectivity index (χ0n) is 25.8. The molecule has 0 saturated heterocycles. The van der Waals surface area contributed by atoms with Crippen molar-refractivity contribution < 1.29 is 13.6 Å². The van der Waals surface area contributed by atoms with Gasteiger partial charge in [-0.25, -0.2) is 13.6 Å². The van der Waals surface area contributed by atoms with Crippen LogP contribution in [-0.2, 0) is 17.8 Å². The van der Waals surface area contributed by atoms with Crippen molar-refractivity contribution in [1.29, 1.82) is 0 Å². The maximum Gasteiger partial charge on any atom is 0.127 e. The highest BCUT2D eigenvalue weighted by molar-refractivity contribution is 5.43. The SMILES string of the molecule is C=C=O.C=CC1=C(C)C=C2CCC(CCCc3cccc(F)c3CNC3CC3)C2(C)C1.CC.Cc1ccc(F)cc1. The Balaban J connectivity index is 0.000000379. The summed E-state index contributed by atoms with van der Waals surface area (Å²) in [6.07, 6.45) is 14.0. The quantitative estimate of drug-likeness (QED) is 0.325. The van der Waals surface area contributed by atoms with Crippen LogP contribution < -0.4 is 5.32 Å². The second kappa shape index (κ2) is 17.0. The van der Waals surface area contributed by atoms with Crippen molar-refractivity contribution in [2.24, 2.45) is 11.3 Å². The van der Waals surface area contributed by atoms with Gasteiger partial charge in [0.25, 0.3) is 0 Å². The van der Waals surface area contributed by atoms with Crippen LogP contribution in [0, 0.1) is 29.9 Å². The standard InChI is InChI=1S/C26H34FN.C7H7F.C2H2O.C2H6/c1-4-19-16-26(3)21(11-12-22(26)15-18(19)2)9-5-7-20-8-6-10-25(27)24(20)17-28-23-13-14-23;1-6-2-4-7(8)5-3-6;1-2-3;1-2/h4,6,8,10,15,21,23,28H,1,5,7,9,11-14,16-17H2,2-3H3;2-5H,1H3;1H2;1-2H3. The zero-order chi connectivity index (χ0) is 30.4. The maximum absolute atomic E-state index is 14.4. The minimum absolute atomic E-state index is 0.0489. The van der Waals surface area contributed by atoms with E-state index in [9.17, 15) is 8.78 Å². The van der Waals surface area contributed by atoms with Crippen molar-refractivity contribution in [2.45, 2.75) is 98.6 Å². The number of benzene rings is 2. The summed E-state index contributed by atoms with van der Waals surface area (Å²) in [7, 11) is 0.